The number of esters is 1. The number of aromatic nitrogens is 4. The van der Waals surface area contributed by atoms with Crippen molar-refractivity contribution in [2.45, 2.75) is 50.9 Å². The highest BCUT2D eigenvalue weighted by Crippen LogP contribution is 2.21. The molecule has 0 fully saturated rings. The summed E-state index contributed by atoms with van der Waals surface area (Å²) in [5, 5.41) is 15.3. The molecule has 0 spiro atoms. The zero-order valence-electron chi connectivity index (χ0n) is 12.7. The third-order valence-corrected chi connectivity index (χ3v) is 3.76. The molecule has 1 unspecified atom stereocenters. The van der Waals surface area contributed by atoms with E-state index in [9.17, 15) is 4.79 Å². The number of nitrogens with zero attached hydrogens (tertiary/aromatic N) is 4. The molecule has 0 amide bonds. The molecule has 114 valence electrons. The maximum atomic E-state index is 12.1. The summed E-state index contributed by atoms with van der Waals surface area (Å²) in [6, 6.07) is 0.200. The topological polar surface area (TPSA) is 81.9 Å². The molecule has 0 aromatic carbocycles. The number of hydrogen-bond acceptors (Lipinski definition) is 7. The summed E-state index contributed by atoms with van der Waals surface area (Å²) in [4.78, 5) is 12.1. The molecule has 20 heavy (non-hydrogen) atoms. The second-order valence-corrected chi connectivity index (χ2v) is 6.10. The molecule has 1 rings (SSSR count). The molecule has 0 bridgehead atoms. The van der Waals surface area contributed by atoms with Crippen molar-refractivity contribution in [3.8, 4) is 0 Å². The highest BCUT2D eigenvalue weighted by atomic mass is 32.2. The summed E-state index contributed by atoms with van der Waals surface area (Å²) < 4.78 is 6.78. The van der Waals surface area contributed by atoms with Gasteiger partial charge in [-0.05, 0) is 44.5 Å². The lowest BCUT2D eigenvalue weighted by molar-refractivity contribution is -0.150. The van der Waals surface area contributed by atoms with Gasteiger partial charge in [-0.15, -0.1) is 5.10 Å². The Morgan fingerprint density at radius 3 is 2.75 bits per heavy atom. The van der Waals surface area contributed by atoms with E-state index >= 15 is 0 Å². The van der Waals surface area contributed by atoms with E-state index < -0.39 is 5.54 Å². The number of carbonyl (C=O) groups excluding carboxylic acids is 1. The minimum Gasteiger partial charge on any atom is -0.465 e. The van der Waals surface area contributed by atoms with Crippen LogP contribution in [0.15, 0.2) is 5.16 Å². The molecule has 0 aliphatic carbocycles. The number of thioether (sulfide) groups is 1. The zero-order chi connectivity index (χ0) is 15.2. The van der Waals surface area contributed by atoms with Gasteiger partial charge in [-0.25, -0.2) is 4.68 Å². The maximum Gasteiger partial charge on any atom is 0.326 e. The van der Waals surface area contributed by atoms with E-state index in [4.69, 9.17) is 4.74 Å². The van der Waals surface area contributed by atoms with Gasteiger partial charge in [-0.2, -0.15) is 0 Å². The standard InChI is InChI=1S/C12H23N5O2S/c1-6-19-10(18)12(4,13-9(2)3)7-8-20-11-14-15-16-17(11)5/h9,13H,6-8H2,1-5H3. The quantitative estimate of drug-likeness (QED) is 0.567. The van der Waals surface area contributed by atoms with Gasteiger partial charge in [0.2, 0.25) is 5.16 Å². The molecule has 1 aromatic heterocycles. The molecule has 1 N–H and O–H groups in total. The van der Waals surface area contributed by atoms with Crippen LogP contribution in [0, 0.1) is 0 Å². The number of ether oxygens (including phenoxy) is 1. The zero-order valence-corrected chi connectivity index (χ0v) is 13.5. The predicted octanol–water partition coefficient (Wildman–Crippen LogP) is 1.01. The second kappa shape index (κ2) is 7.58. The third-order valence-electron chi connectivity index (χ3n) is 2.75. The van der Waals surface area contributed by atoms with Gasteiger partial charge >= 0.3 is 5.97 Å². The number of nitrogens with one attached hydrogen (secondary N) is 1. The summed E-state index contributed by atoms with van der Waals surface area (Å²) in [6.45, 7) is 8.09. The fraction of sp³-hybridized carbons (Fsp3) is 0.833. The van der Waals surface area contributed by atoms with E-state index in [1.54, 1.807) is 11.7 Å². The van der Waals surface area contributed by atoms with Crippen LogP contribution in [0.5, 0.6) is 0 Å². The van der Waals surface area contributed by atoms with Gasteiger partial charge in [0.05, 0.1) is 6.61 Å². The second-order valence-electron chi connectivity index (χ2n) is 5.04. The molecule has 0 aliphatic rings. The summed E-state index contributed by atoms with van der Waals surface area (Å²) in [5.41, 5.74) is -0.691. The first-order valence-corrected chi connectivity index (χ1v) is 7.67. The lowest BCUT2D eigenvalue weighted by Crippen LogP contribution is -2.53. The molecule has 8 heteroatoms. The number of aryl methyl sites for hydroxylation is 1. The van der Waals surface area contributed by atoms with E-state index in [0.717, 1.165) is 10.9 Å². The highest BCUT2D eigenvalue weighted by Gasteiger charge is 2.34. The number of rotatable bonds is 8. The molecular formula is C12H23N5O2S. The van der Waals surface area contributed by atoms with Crippen LogP contribution < -0.4 is 5.32 Å². The smallest absolute Gasteiger partial charge is 0.326 e. The van der Waals surface area contributed by atoms with Gasteiger partial charge in [0.25, 0.3) is 0 Å². The summed E-state index contributed by atoms with van der Waals surface area (Å²) in [5.74, 6) is 0.508. The van der Waals surface area contributed by atoms with E-state index in [0.29, 0.717) is 13.0 Å². The van der Waals surface area contributed by atoms with Crippen molar-refractivity contribution >= 4 is 17.7 Å². The minimum absolute atomic E-state index is 0.200. The van der Waals surface area contributed by atoms with Gasteiger partial charge in [0.15, 0.2) is 0 Å². The first-order chi connectivity index (χ1) is 9.39. The van der Waals surface area contributed by atoms with Crippen molar-refractivity contribution < 1.29 is 9.53 Å². The minimum atomic E-state index is -0.691. The van der Waals surface area contributed by atoms with Crippen LogP contribution in [0.2, 0.25) is 0 Å². The summed E-state index contributed by atoms with van der Waals surface area (Å²) in [6.07, 6.45) is 0.640. The first-order valence-electron chi connectivity index (χ1n) is 6.69. The van der Waals surface area contributed by atoms with Gasteiger partial charge in [0, 0.05) is 18.8 Å². The summed E-state index contributed by atoms with van der Waals surface area (Å²) >= 11 is 1.52. The highest BCUT2D eigenvalue weighted by molar-refractivity contribution is 7.99. The Labute approximate surface area is 123 Å². The molecule has 1 aromatic rings. The number of carbonyl (C=O) groups is 1. The van der Waals surface area contributed by atoms with Crippen LogP contribution in [-0.2, 0) is 16.6 Å². The van der Waals surface area contributed by atoms with Crippen LogP contribution >= 0.6 is 11.8 Å². The van der Waals surface area contributed by atoms with E-state index in [1.165, 1.54) is 11.8 Å². The molecular weight excluding hydrogens is 278 g/mol. The van der Waals surface area contributed by atoms with Crippen molar-refractivity contribution in [2.24, 2.45) is 7.05 Å². The third kappa shape index (κ3) is 4.75. The molecule has 0 radical (unpaired) electrons. The van der Waals surface area contributed by atoms with E-state index in [-0.39, 0.29) is 12.0 Å². The fourth-order valence-electron chi connectivity index (χ4n) is 1.85. The average Bonchev–Trinajstić information content (AvgIpc) is 2.74. The number of hydrogen-bond donors (Lipinski definition) is 1. The average molecular weight is 301 g/mol. The Hall–Kier alpha value is -1.15. The van der Waals surface area contributed by atoms with Gasteiger partial charge in [0.1, 0.15) is 5.54 Å². The predicted molar refractivity (Wildman–Crippen MR) is 77.4 cm³/mol. The Bertz CT molecular complexity index is 437. The Morgan fingerprint density at radius 1 is 1.55 bits per heavy atom. The molecule has 1 atom stereocenters. The maximum absolute atomic E-state index is 12.1. The van der Waals surface area contributed by atoms with Crippen LogP contribution in [-0.4, -0.2) is 50.1 Å². The Kier molecular flexibility index (Phi) is 6.41. The van der Waals surface area contributed by atoms with E-state index in [1.807, 2.05) is 27.7 Å². The van der Waals surface area contributed by atoms with Gasteiger partial charge < -0.3 is 4.74 Å². The normalized spacial score (nSPS) is 14.3. The number of tetrazole rings is 1. The van der Waals surface area contributed by atoms with Crippen LogP contribution in [0.25, 0.3) is 0 Å². The van der Waals surface area contributed by atoms with Crippen LogP contribution in [0.3, 0.4) is 0 Å². The Balaban J connectivity index is 2.60. The lowest BCUT2D eigenvalue weighted by atomic mass is 9.98. The van der Waals surface area contributed by atoms with Crippen molar-refractivity contribution in [2.75, 3.05) is 12.4 Å². The fourth-order valence-corrected chi connectivity index (χ4v) is 2.86. The first kappa shape index (κ1) is 16.9. The molecule has 0 saturated heterocycles. The molecule has 1 heterocycles. The Morgan fingerprint density at radius 2 is 2.25 bits per heavy atom. The lowest BCUT2D eigenvalue weighted by Gasteiger charge is -2.30. The van der Waals surface area contributed by atoms with Gasteiger partial charge in [-0.1, -0.05) is 11.8 Å². The van der Waals surface area contributed by atoms with E-state index in [2.05, 4.69) is 20.8 Å². The van der Waals surface area contributed by atoms with Gasteiger partial charge in [-0.3, -0.25) is 10.1 Å². The molecule has 0 saturated carbocycles. The molecule has 7 nitrogen and oxygen atoms in total. The van der Waals surface area contributed by atoms with Crippen molar-refractivity contribution in [1.82, 2.24) is 25.5 Å². The van der Waals surface area contributed by atoms with Crippen LogP contribution in [0.1, 0.15) is 34.1 Å². The molecule has 0 aliphatic heterocycles. The van der Waals surface area contributed by atoms with Crippen molar-refractivity contribution in [1.29, 1.82) is 0 Å². The SMILES string of the molecule is CCOC(=O)C(C)(CCSc1nnnn1C)NC(C)C. The van der Waals surface area contributed by atoms with Crippen molar-refractivity contribution in [3.63, 3.8) is 0 Å². The monoisotopic (exact) mass is 301 g/mol. The van der Waals surface area contributed by atoms with Crippen molar-refractivity contribution in [3.05, 3.63) is 0 Å². The largest absolute Gasteiger partial charge is 0.465 e. The summed E-state index contributed by atoms with van der Waals surface area (Å²) in [7, 11) is 1.79. The van der Waals surface area contributed by atoms with Crippen LogP contribution in [0.4, 0.5) is 0 Å².